The molecule has 0 saturated heterocycles. The number of carboxylic acid groups (broad SMARTS) is 1. The fourth-order valence-electron chi connectivity index (χ4n) is 2.48. The highest BCUT2D eigenvalue weighted by Crippen LogP contribution is 2.26. The van der Waals surface area contributed by atoms with Crippen LogP contribution in [0.25, 0.3) is 0 Å². The summed E-state index contributed by atoms with van der Waals surface area (Å²) in [6.45, 7) is 1.77. The second kappa shape index (κ2) is 6.69. The summed E-state index contributed by atoms with van der Waals surface area (Å²) in [5, 5.41) is 9.36. The number of imide groups is 1. The van der Waals surface area contributed by atoms with Crippen molar-refractivity contribution in [1.29, 1.82) is 0 Å². The highest BCUT2D eigenvalue weighted by atomic mass is 32.2. The minimum Gasteiger partial charge on any atom is -0.476 e. The summed E-state index contributed by atoms with van der Waals surface area (Å²) in [5.74, 6) is -3.44. The van der Waals surface area contributed by atoms with Gasteiger partial charge in [0.25, 0.3) is 11.8 Å². The maximum atomic E-state index is 12.4. The maximum absolute atomic E-state index is 12.4. The Balaban J connectivity index is 1.95. The molecule has 2 aromatic rings. The molecule has 0 aliphatic carbocycles. The van der Waals surface area contributed by atoms with Crippen LogP contribution in [0, 0.1) is 6.92 Å². The minimum atomic E-state index is -4.33. The fraction of sp³-hybridized carbons (Fsp3) is 0.0556. The van der Waals surface area contributed by atoms with Crippen molar-refractivity contribution in [1.82, 2.24) is 4.90 Å². The summed E-state index contributed by atoms with van der Waals surface area (Å²) in [7, 11) is -4.33. The van der Waals surface area contributed by atoms with Gasteiger partial charge in [-0.2, -0.15) is 8.42 Å². The van der Waals surface area contributed by atoms with Crippen LogP contribution in [0.5, 0.6) is 0 Å². The van der Waals surface area contributed by atoms with Crippen LogP contribution in [0.3, 0.4) is 0 Å². The summed E-state index contributed by atoms with van der Waals surface area (Å²) in [4.78, 5) is 36.5. The molecule has 0 radical (unpaired) electrons. The van der Waals surface area contributed by atoms with Crippen LogP contribution in [0.2, 0.25) is 0 Å². The van der Waals surface area contributed by atoms with E-state index in [0.717, 1.165) is 5.56 Å². The molecule has 8 nitrogen and oxygen atoms in total. The van der Waals surface area contributed by atoms with E-state index in [4.69, 9.17) is 0 Å². The van der Waals surface area contributed by atoms with E-state index in [-0.39, 0.29) is 16.0 Å². The first-order chi connectivity index (χ1) is 12.7. The summed E-state index contributed by atoms with van der Waals surface area (Å²) >= 11 is 0. The summed E-state index contributed by atoms with van der Waals surface area (Å²) in [6.07, 6.45) is 0.374. The quantitative estimate of drug-likeness (QED) is 0.360. The van der Waals surface area contributed by atoms with Gasteiger partial charge in [-0.05, 0) is 31.2 Å². The Morgan fingerprint density at radius 3 is 2.00 bits per heavy atom. The van der Waals surface area contributed by atoms with Crippen molar-refractivity contribution in [2.45, 2.75) is 11.8 Å². The van der Waals surface area contributed by atoms with Crippen LogP contribution in [-0.2, 0) is 19.1 Å². The first-order valence-corrected chi connectivity index (χ1v) is 9.04. The molecule has 0 fully saturated rings. The number of benzene rings is 2. The fourth-order valence-corrected chi connectivity index (χ4v) is 3.27. The molecular weight excluding hydrogens is 374 g/mol. The lowest BCUT2D eigenvalue weighted by molar-refractivity contribution is -0.134. The standard InChI is InChI=1S/C18H13NO7S/c1-11-6-8-12(9-7-11)27(24,25)26-10-15(18(22)23)19-16(20)13-4-2-3-5-14(13)17(19)21/h2-10H,1H3,(H,22,23)/b15-10+. The van der Waals surface area contributed by atoms with Crippen LogP contribution in [-0.4, -0.2) is 36.2 Å². The zero-order valence-corrected chi connectivity index (χ0v) is 14.8. The molecule has 2 amide bonds. The molecule has 1 aliphatic rings. The van der Waals surface area contributed by atoms with Gasteiger partial charge < -0.3 is 9.29 Å². The Morgan fingerprint density at radius 1 is 1.00 bits per heavy atom. The molecule has 0 bridgehead atoms. The van der Waals surface area contributed by atoms with Crippen molar-refractivity contribution in [3.05, 3.63) is 77.2 Å². The number of carbonyl (C=O) groups excluding carboxylic acids is 2. The normalized spacial score (nSPS) is 14.3. The van der Waals surface area contributed by atoms with E-state index < -0.39 is 33.6 Å². The number of nitrogens with zero attached hydrogens (tertiary/aromatic N) is 1. The highest BCUT2D eigenvalue weighted by molar-refractivity contribution is 7.86. The number of fused-ring (bicyclic) bond motifs is 1. The zero-order chi connectivity index (χ0) is 19.8. The third-order valence-electron chi connectivity index (χ3n) is 3.85. The van der Waals surface area contributed by atoms with Gasteiger partial charge in [0.2, 0.25) is 0 Å². The predicted molar refractivity (Wildman–Crippen MR) is 92.1 cm³/mol. The maximum Gasteiger partial charge on any atom is 0.356 e. The van der Waals surface area contributed by atoms with E-state index in [1.165, 1.54) is 36.4 Å². The van der Waals surface area contributed by atoms with Crippen LogP contribution in [0.1, 0.15) is 26.3 Å². The molecular formula is C18H13NO7S. The molecule has 3 rings (SSSR count). The number of aliphatic carboxylic acids is 1. The number of rotatable bonds is 5. The summed E-state index contributed by atoms with van der Waals surface area (Å²) in [6, 6.07) is 11.5. The number of carboxylic acids is 1. The SMILES string of the molecule is Cc1ccc(S(=O)(=O)O/C=C(\C(=O)O)N2C(=O)c3ccccc3C2=O)cc1. The molecule has 1 aliphatic heterocycles. The molecule has 1 heterocycles. The number of aryl methyl sites for hydroxylation is 1. The van der Waals surface area contributed by atoms with E-state index in [1.54, 1.807) is 19.1 Å². The first kappa shape index (κ1) is 18.3. The van der Waals surface area contributed by atoms with Gasteiger partial charge in [-0.15, -0.1) is 0 Å². The molecule has 138 valence electrons. The number of hydrogen-bond acceptors (Lipinski definition) is 6. The third-order valence-corrected chi connectivity index (χ3v) is 5.05. The molecule has 2 aromatic carbocycles. The van der Waals surface area contributed by atoms with E-state index >= 15 is 0 Å². The molecule has 0 spiro atoms. The van der Waals surface area contributed by atoms with Crippen molar-refractivity contribution in [2.24, 2.45) is 0 Å². The van der Waals surface area contributed by atoms with Gasteiger partial charge in [-0.3, -0.25) is 9.59 Å². The first-order valence-electron chi connectivity index (χ1n) is 7.63. The second-order valence-corrected chi connectivity index (χ2v) is 7.24. The number of hydrogen-bond donors (Lipinski definition) is 1. The number of amides is 2. The van der Waals surface area contributed by atoms with Crippen molar-refractivity contribution >= 4 is 27.9 Å². The zero-order valence-electron chi connectivity index (χ0n) is 13.9. The van der Waals surface area contributed by atoms with Crippen molar-refractivity contribution in [3.63, 3.8) is 0 Å². The topological polar surface area (TPSA) is 118 Å². The molecule has 0 aromatic heterocycles. The molecule has 0 unspecified atom stereocenters. The molecule has 0 atom stereocenters. The predicted octanol–water partition coefficient (Wildman–Crippen LogP) is 1.92. The van der Waals surface area contributed by atoms with Crippen LogP contribution >= 0.6 is 0 Å². The smallest absolute Gasteiger partial charge is 0.356 e. The van der Waals surface area contributed by atoms with Gasteiger partial charge in [0.1, 0.15) is 11.2 Å². The van der Waals surface area contributed by atoms with Gasteiger partial charge in [-0.1, -0.05) is 29.8 Å². The third kappa shape index (κ3) is 3.32. The van der Waals surface area contributed by atoms with Crippen LogP contribution in [0.15, 0.2) is 65.4 Å². The average Bonchev–Trinajstić information content (AvgIpc) is 2.87. The largest absolute Gasteiger partial charge is 0.476 e. The monoisotopic (exact) mass is 387 g/mol. The van der Waals surface area contributed by atoms with Crippen molar-refractivity contribution < 1.29 is 32.1 Å². The highest BCUT2D eigenvalue weighted by Gasteiger charge is 2.40. The number of carbonyl (C=O) groups is 3. The van der Waals surface area contributed by atoms with Crippen molar-refractivity contribution in [2.75, 3.05) is 0 Å². The van der Waals surface area contributed by atoms with Gasteiger partial charge in [0, 0.05) is 0 Å². The molecule has 9 heteroatoms. The lowest BCUT2D eigenvalue weighted by Gasteiger charge is -2.14. The van der Waals surface area contributed by atoms with Crippen LogP contribution < -0.4 is 0 Å². The summed E-state index contributed by atoms with van der Waals surface area (Å²) < 4.78 is 29.1. The van der Waals surface area contributed by atoms with Gasteiger partial charge >= 0.3 is 16.1 Å². The van der Waals surface area contributed by atoms with Gasteiger partial charge in [-0.25, -0.2) is 9.69 Å². The molecule has 0 saturated carbocycles. The Hall–Kier alpha value is -3.46. The minimum absolute atomic E-state index is 0.0241. The lowest BCUT2D eigenvalue weighted by atomic mass is 10.1. The lowest BCUT2D eigenvalue weighted by Crippen LogP contribution is -2.33. The average molecular weight is 387 g/mol. The van der Waals surface area contributed by atoms with Gasteiger partial charge in [0.15, 0.2) is 5.70 Å². The summed E-state index contributed by atoms with van der Waals surface area (Å²) in [5.41, 5.74) is -0.0364. The Morgan fingerprint density at radius 2 is 1.52 bits per heavy atom. The molecule has 27 heavy (non-hydrogen) atoms. The van der Waals surface area contributed by atoms with Crippen LogP contribution in [0.4, 0.5) is 0 Å². The van der Waals surface area contributed by atoms with E-state index in [0.29, 0.717) is 11.2 Å². The Bertz CT molecular complexity index is 1050. The molecule has 1 N–H and O–H groups in total. The van der Waals surface area contributed by atoms with Crippen molar-refractivity contribution in [3.8, 4) is 0 Å². The Kier molecular flexibility index (Phi) is 4.54. The van der Waals surface area contributed by atoms with E-state index in [1.807, 2.05) is 0 Å². The van der Waals surface area contributed by atoms with E-state index in [2.05, 4.69) is 4.18 Å². The Labute approximate surface area is 154 Å². The van der Waals surface area contributed by atoms with Gasteiger partial charge in [0.05, 0.1) is 11.1 Å². The van der Waals surface area contributed by atoms with E-state index in [9.17, 15) is 27.9 Å². The second-order valence-electron chi connectivity index (χ2n) is 5.66.